The predicted octanol–water partition coefficient (Wildman–Crippen LogP) is 3.88. The molecule has 0 spiro atoms. The van der Waals surface area contributed by atoms with Crippen LogP contribution in [0.3, 0.4) is 0 Å². The van der Waals surface area contributed by atoms with Crippen molar-refractivity contribution in [3.63, 3.8) is 0 Å². The third kappa shape index (κ3) is 4.35. The minimum absolute atomic E-state index is 0.0292. The first-order valence-corrected chi connectivity index (χ1v) is 10.6. The minimum Gasteiger partial charge on any atom is -0.387 e. The molecule has 2 N–H and O–H groups in total. The van der Waals surface area contributed by atoms with E-state index >= 15 is 0 Å². The van der Waals surface area contributed by atoms with Crippen molar-refractivity contribution in [2.45, 2.75) is 50.4 Å². The molecule has 10 heteroatoms. The van der Waals surface area contributed by atoms with E-state index in [9.17, 15) is 18.7 Å². The number of carbonyl (C=O) groups is 1. The molecule has 0 saturated heterocycles. The molecule has 0 radical (unpaired) electrons. The Bertz CT molecular complexity index is 1120. The van der Waals surface area contributed by atoms with Gasteiger partial charge >= 0.3 is 0 Å². The van der Waals surface area contributed by atoms with Crippen LogP contribution < -0.4 is 5.32 Å². The Morgan fingerprint density at radius 2 is 1.94 bits per heavy atom. The van der Waals surface area contributed by atoms with Crippen molar-refractivity contribution in [2.24, 2.45) is 0 Å². The third-order valence-corrected chi connectivity index (χ3v) is 6.15. The van der Waals surface area contributed by atoms with Crippen molar-refractivity contribution in [1.29, 1.82) is 0 Å². The summed E-state index contributed by atoms with van der Waals surface area (Å²) in [7, 11) is 0. The predicted molar refractivity (Wildman–Crippen MR) is 114 cm³/mol. The molecule has 2 heterocycles. The van der Waals surface area contributed by atoms with Gasteiger partial charge in [-0.2, -0.15) is 10.2 Å². The Hall–Kier alpha value is -2.91. The number of hydrogen-bond acceptors (Lipinski definition) is 5. The molecule has 1 aliphatic rings. The molecule has 1 aromatic carbocycles. The standard InChI is InChI=1S/C22H22ClF2N5O2/c1-13-5-6-17(30-26-11-12-27-30)19(28-13)21(31)29-20(15-3-2-4-16(25)18(15)23)22(32)9-7-14(24)8-10-22/h2-6,11-12,14,20,32H,7-10H2,1H3,(H,29,31)/t14-,20?,22-. The quantitative estimate of drug-likeness (QED) is 0.601. The van der Waals surface area contributed by atoms with Crippen LogP contribution in [0.4, 0.5) is 8.78 Å². The fraction of sp³-hybridized carbons (Fsp3) is 0.364. The van der Waals surface area contributed by atoms with E-state index in [0.29, 0.717) is 11.4 Å². The molecule has 0 bridgehead atoms. The summed E-state index contributed by atoms with van der Waals surface area (Å²) in [6, 6.07) is 6.47. The van der Waals surface area contributed by atoms with Gasteiger partial charge in [-0.25, -0.2) is 13.8 Å². The lowest BCUT2D eigenvalue weighted by atomic mass is 9.76. The van der Waals surface area contributed by atoms with Crippen LogP contribution in [0.2, 0.25) is 5.02 Å². The van der Waals surface area contributed by atoms with Gasteiger partial charge in [-0.05, 0) is 56.4 Å². The Morgan fingerprint density at radius 1 is 1.25 bits per heavy atom. The molecule has 32 heavy (non-hydrogen) atoms. The fourth-order valence-electron chi connectivity index (χ4n) is 4.03. The normalized spacial score (nSPS) is 21.8. The number of alkyl halides is 1. The molecule has 1 saturated carbocycles. The maximum absolute atomic E-state index is 14.2. The van der Waals surface area contributed by atoms with Gasteiger partial charge in [-0.3, -0.25) is 4.79 Å². The number of carbonyl (C=O) groups excluding carboxylic acids is 1. The Balaban J connectivity index is 1.75. The molecule has 2 aromatic heterocycles. The molecule has 1 fully saturated rings. The Kier molecular flexibility index (Phi) is 6.21. The first-order valence-electron chi connectivity index (χ1n) is 10.2. The average Bonchev–Trinajstić information content (AvgIpc) is 3.31. The number of benzene rings is 1. The Morgan fingerprint density at radius 3 is 2.62 bits per heavy atom. The van der Waals surface area contributed by atoms with Crippen LogP contribution in [-0.2, 0) is 0 Å². The molecule has 4 rings (SSSR count). The number of nitrogens with zero attached hydrogens (tertiary/aromatic N) is 4. The van der Waals surface area contributed by atoms with Gasteiger partial charge < -0.3 is 10.4 Å². The van der Waals surface area contributed by atoms with E-state index in [1.54, 1.807) is 19.1 Å². The van der Waals surface area contributed by atoms with Gasteiger partial charge in [0.15, 0.2) is 5.69 Å². The molecule has 0 aliphatic heterocycles. The van der Waals surface area contributed by atoms with Gasteiger partial charge in [0.1, 0.15) is 17.7 Å². The topological polar surface area (TPSA) is 92.9 Å². The number of nitrogens with one attached hydrogen (secondary N) is 1. The van der Waals surface area contributed by atoms with Crippen molar-refractivity contribution in [1.82, 2.24) is 25.3 Å². The van der Waals surface area contributed by atoms with E-state index in [2.05, 4.69) is 20.5 Å². The highest BCUT2D eigenvalue weighted by Gasteiger charge is 2.43. The van der Waals surface area contributed by atoms with Crippen LogP contribution in [0.25, 0.3) is 5.69 Å². The van der Waals surface area contributed by atoms with Gasteiger partial charge in [0.05, 0.1) is 29.1 Å². The summed E-state index contributed by atoms with van der Waals surface area (Å²) in [5, 5.41) is 22.1. The van der Waals surface area contributed by atoms with E-state index < -0.39 is 29.5 Å². The number of halogens is 3. The van der Waals surface area contributed by atoms with E-state index in [0.717, 1.165) is 0 Å². The number of pyridine rings is 1. The maximum Gasteiger partial charge on any atom is 0.272 e. The number of aryl methyl sites for hydroxylation is 1. The van der Waals surface area contributed by atoms with Gasteiger partial charge in [-0.1, -0.05) is 23.7 Å². The van der Waals surface area contributed by atoms with E-state index in [4.69, 9.17) is 11.6 Å². The lowest BCUT2D eigenvalue weighted by Crippen LogP contribution is -2.49. The highest BCUT2D eigenvalue weighted by molar-refractivity contribution is 6.31. The van der Waals surface area contributed by atoms with E-state index in [1.165, 1.54) is 35.4 Å². The molecule has 3 aromatic rings. The van der Waals surface area contributed by atoms with Crippen molar-refractivity contribution >= 4 is 17.5 Å². The molecular formula is C22H22ClF2N5O2. The summed E-state index contributed by atoms with van der Waals surface area (Å²) < 4.78 is 28.0. The summed E-state index contributed by atoms with van der Waals surface area (Å²) >= 11 is 6.21. The van der Waals surface area contributed by atoms with Crippen LogP contribution >= 0.6 is 11.6 Å². The Labute approximate surface area is 188 Å². The molecule has 1 amide bonds. The minimum atomic E-state index is -1.51. The summed E-state index contributed by atoms with van der Waals surface area (Å²) in [6.07, 6.45) is 2.32. The smallest absolute Gasteiger partial charge is 0.272 e. The van der Waals surface area contributed by atoms with Crippen LogP contribution in [0.1, 0.15) is 53.5 Å². The highest BCUT2D eigenvalue weighted by Crippen LogP contribution is 2.42. The van der Waals surface area contributed by atoms with Gasteiger partial charge in [0.2, 0.25) is 0 Å². The van der Waals surface area contributed by atoms with Crippen LogP contribution in [-0.4, -0.2) is 42.8 Å². The monoisotopic (exact) mass is 461 g/mol. The number of hydrogen-bond donors (Lipinski definition) is 2. The van der Waals surface area contributed by atoms with E-state index in [-0.39, 0.29) is 42.0 Å². The van der Waals surface area contributed by atoms with Crippen LogP contribution in [0, 0.1) is 12.7 Å². The van der Waals surface area contributed by atoms with Crippen molar-refractivity contribution in [3.8, 4) is 5.69 Å². The second kappa shape index (κ2) is 8.91. The number of aliphatic hydroxyl groups is 1. The molecule has 1 aliphatic carbocycles. The highest BCUT2D eigenvalue weighted by atomic mass is 35.5. The summed E-state index contributed by atoms with van der Waals surface area (Å²) in [6.45, 7) is 1.73. The first-order chi connectivity index (χ1) is 15.3. The second-order valence-electron chi connectivity index (χ2n) is 7.97. The first kappa shape index (κ1) is 22.3. The number of amides is 1. The average molecular weight is 462 g/mol. The zero-order valence-corrected chi connectivity index (χ0v) is 18.1. The molecule has 168 valence electrons. The SMILES string of the molecule is Cc1ccc(-n2nccn2)c(C(=O)NC(c2cccc(F)c2Cl)[C@]2(O)CC[C@H](F)CC2)n1. The van der Waals surface area contributed by atoms with Crippen molar-refractivity contribution in [3.05, 3.63) is 70.5 Å². The van der Waals surface area contributed by atoms with Crippen molar-refractivity contribution in [2.75, 3.05) is 0 Å². The van der Waals surface area contributed by atoms with Gasteiger partial charge in [-0.15, -0.1) is 4.80 Å². The lowest BCUT2D eigenvalue weighted by molar-refractivity contribution is -0.0446. The zero-order valence-electron chi connectivity index (χ0n) is 17.3. The lowest BCUT2D eigenvalue weighted by Gasteiger charge is -2.41. The zero-order chi connectivity index (χ0) is 22.9. The second-order valence-corrected chi connectivity index (χ2v) is 8.34. The third-order valence-electron chi connectivity index (χ3n) is 5.75. The summed E-state index contributed by atoms with van der Waals surface area (Å²) in [5.41, 5.74) is -0.346. The van der Waals surface area contributed by atoms with E-state index in [1.807, 2.05) is 0 Å². The molecule has 7 nitrogen and oxygen atoms in total. The number of aromatic nitrogens is 4. The molecular weight excluding hydrogens is 440 g/mol. The molecule has 1 unspecified atom stereocenters. The van der Waals surface area contributed by atoms with Crippen LogP contribution in [0.15, 0.2) is 42.7 Å². The van der Waals surface area contributed by atoms with Crippen LogP contribution in [0.5, 0.6) is 0 Å². The summed E-state index contributed by atoms with van der Waals surface area (Å²) in [4.78, 5) is 19.0. The van der Waals surface area contributed by atoms with Crippen molar-refractivity contribution < 1.29 is 18.7 Å². The summed E-state index contributed by atoms with van der Waals surface area (Å²) in [5.74, 6) is -1.30. The molecule has 1 atom stereocenters. The van der Waals surface area contributed by atoms with Gasteiger partial charge in [0.25, 0.3) is 5.91 Å². The number of rotatable bonds is 5. The maximum atomic E-state index is 14.2. The van der Waals surface area contributed by atoms with Gasteiger partial charge in [0, 0.05) is 5.69 Å². The fourth-order valence-corrected chi connectivity index (χ4v) is 4.27. The largest absolute Gasteiger partial charge is 0.387 e.